The molecular weight excluding hydrogens is 302 g/mol. The predicted octanol–water partition coefficient (Wildman–Crippen LogP) is 1.84. The van der Waals surface area contributed by atoms with E-state index in [0.29, 0.717) is 5.69 Å². The summed E-state index contributed by atoms with van der Waals surface area (Å²) < 4.78 is 0. The molecular formula is C18H23N5O. The van der Waals surface area contributed by atoms with Crippen LogP contribution in [0.15, 0.2) is 24.4 Å². The molecule has 6 heteroatoms. The van der Waals surface area contributed by atoms with E-state index in [1.54, 1.807) is 6.20 Å². The third kappa shape index (κ3) is 2.41. The largest absolute Gasteiger partial charge is 0.336 e. The van der Waals surface area contributed by atoms with Crippen molar-refractivity contribution in [3.8, 4) is 5.69 Å². The Labute approximate surface area is 141 Å². The number of benzene rings is 1. The molecule has 1 saturated carbocycles. The van der Waals surface area contributed by atoms with Gasteiger partial charge in [-0.25, -0.2) is 0 Å². The van der Waals surface area contributed by atoms with Gasteiger partial charge in [-0.05, 0) is 49.9 Å². The van der Waals surface area contributed by atoms with Gasteiger partial charge in [-0.1, -0.05) is 12.5 Å². The number of hydrogen-bond donors (Lipinski definition) is 1. The number of hydrogen-bond acceptors (Lipinski definition) is 4. The second-order valence-corrected chi connectivity index (χ2v) is 7.39. The molecule has 1 amide bonds. The van der Waals surface area contributed by atoms with Crippen LogP contribution < -0.4 is 5.73 Å². The molecule has 6 nitrogen and oxygen atoms in total. The molecule has 24 heavy (non-hydrogen) atoms. The first-order valence-electron chi connectivity index (χ1n) is 8.53. The molecule has 0 radical (unpaired) electrons. The molecule has 2 heterocycles. The van der Waals surface area contributed by atoms with Crippen LogP contribution in [0.2, 0.25) is 0 Å². The lowest BCUT2D eigenvalue weighted by molar-refractivity contribution is 0.000938. The van der Waals surface area contributed by atoms with Gasteiger partial charge in [0.25, 0.3) is 5.91 Å². The molecule has 1 atom stereocenters. The van der Waals surface area contributed by atoms with Crippen molar-refractivity contribution in [3.63, 3.8) is 0 Å². The number of amides is 1. The molecule has 2 aromatic rings. The number of carbonyl (C=O) groups is 1. The third-order valence-electron chi connectivity index (χ3n) is 5.42. The van der Waals surface area contributed by atoms with E-state index in [1.165, 1.54) is 11.2 Å². The van der Waals surface area contributed by atoms with E-state index < -0.39 is 0 Å². The fourth-order valence-corrected chi connectivity index (χ4v) is 4.13. The van der Waals surface area contributed by atoms with Crippen molar-refractivity contribution < 1.29 is 4.79 Å². The van der Waals surface area contributed by atoms with Gasteiger partial charge in [0.2, 0.25) is 0 Å². The smallest absolute Gasteiger partial charge is 0.276 e. The second-order valence-electron chi connectivity index (χ2n) is 7.39. The number of aromatic nitrogens is 3. The molecule has 4 rings (SSSR count). The highest BCUT2D eigenvalue weighted by Gasteiger charge is 2.51. The van der Waals surface area contributed by atoms with Gasteiger partial charge in [0.05, 0.1) is 11.9 Å². The Morgan fingerprint density at radius 2 is 1.96 bits per heavy atom. The number of aryl methyl sites for hydroxylation is 2. The van der Waals surface area contributed by atoms with E-state index in [9.17, 15) is 4.79 Å². The van der Waals surface area contributed by atoms with Gasteiger partial charge in [0.1, 0.15) is 0 Å². The first-order chi connectivity index (χ1) is 11.5. The van der Waals surface area contributed by atoms with Crippen molar-refractivity contribution in [3.05, 3.63) is 41.2 Å². The highest BCUT2D eigenvalue weighted by Crippen LogP contribution is 2.44. The zero-order chi connectivity index (χ0) is 16.9. The Hall–Kier alpha value is -2.21. The number of nitrogens with zero attached hydrogens (tertiary/aromatic N) is 4. The SMILES string of the molecule is Cc1cc(C)cc(-n2ncc(C(=O)N3CC4(CCCC4N)C3)n2)c1. The maximum absolute atomic E-state index is 12.6. The fraction of sp³-hybridized carbons (Fsp3) is 0.500. The summed E-state index contributed by atoms with van der Waals surface area (Å²) in [6.07, 6.45) is 4.93. The molecule has 1 aliphatic heterocycles. The lowest BCUT2D eigenvalue weighted by atomic mass is 9.75. The first kappa shape index (κ1) is 15.3. The Morgan fingerprint density at radius 3 is 2.58 bits per heavy atom. The summed E-state index contributed by atoms with van der Waals surface area (Å²) in [4.78, 5) is 16.0. The van der Waals surface area contributed by atoms with Crippen LogP contribution in [0.1, 0.15) is 40.9 Å². The number of likely N-dealkylation sites (tertiary alicyclic amines) is 1. The van der Waals surface area contributed by atoms with E-state index in [2.05, 4.69) is 16.3 Å². The normalized spacial score (nSPS) is 22.0. The van der Waals surface area contributed by atoms with E-state index in [0.717, 1.165) is 42.7 Å². The van der Waals surface area contributed by atoms with Crippen LogP contribution in [-0.4, -0.2) is 44.9 Å². The van der Waals surface area contributed by atoms with Gasteiger partial charge < -0.3 is 10.6 Å². The number of nitrogens with two attached hydrogens (primary N) is 1. The standard InChI is InChI=1S/C18H23N5O/c1-12-6-13(2)8-14(7-12)23-20-9-15(21-23)17(24)22-10-18(11-22)5-3-4-16(18)19/h6-9,16H,3-5,10-11,19H2,1-2H3. The Morgan fingerprint density at radius 1 is 1.25 bits per heavy atom. The van der Waals surface area contributed by atoms with Crippen LogP contribution in [0, 0.1) is 19.3 Å². The molecule has 1 aromatic heterocycles. The summed E-state index contributed by atoms with van der Waals surface area (Å²) in [5.41, 5.74) is 9.94. The Balaban J connectivity index is 1.50. The summed E-state index contributed by atoms with van der Waals surface area (Å²) in [5.74, 6) is -0.0460. The van der Waals surface area contributed by atoms with E-state index in [-0.39, 0.29) is 17.4 Å². The summed E-state index contributed by atoms with van der Waals surface area (Å²) in [5, 5.41) is 8.65. The summed E-state index contributed by atoms with van der Waals surface area (Å²) in [7, 11) is 0. The molecule has 1 saturated heterocycles. The maximum Gasteiger partial charge on any atom is 0.276 e. The quantitative estimate of drug-likeness (QED) is 0.914. The minimum Gasteiger partial charge on any atom is -0.336 e. The Bertz CT molecular complexity index is 770. The zero-order valence-electron chi connectivity index (χ0n) is 14.2. The average Bonchev–Trinajstić information content (AvgIpc) is 3.10. The van der Waals surface area contributed by atoms with Crippen LogP contribution in [0.5, 0.6) is 0 Å². The summed E-state index contributed by atoms with van der Waals surface area (Å²) in [6, 6.07) is 6.35. The van der Waals surface area contributed by atoms with Crippen LogP contribution in [0.3, 0.4) is 0 Å². The fourth-order valence-electron chi connectivity index (χ4n) is 4.13. The molecule has 1 unspecified atom stereocenters. The lowest BCUT2D eigenvalue weighted by Crippen LogP contribution is -2.63. The minimum absolute atomic E-state index is 0.0460. The Kier molecular flexibility index (Phi) is 3.46. The van der Waals surface area contributed by atoms with Gasteiger partial charge >= 0.3 is 0 Å². The predicted molar refractivity (Wildman–Crippen MR) is 91.0 cm³/mol. The molecule has 1 aromatic carbocycles. The summed E-state index contributed by atoms with van der Waals surface area (Å²) in [6.45, 7) is 5.58. The van der Waals surface area contributed by atoms with Crippen molar-refractivity contribution in [2.45, 2.75) is 39.2 Å². The van der Waals surface area contributed by atoms with Crippen LogP contribution >= 0.6 is 0 Å². The van der Waals surface area contributed by atoms with Gasteiger partial charge in [-0.15, -0.1) is 5.10 Å². The van der Waals surface area contributed by atoms with Crippen LogP contribution in [0.4, 0.5) is 0 Å². The molecule has 2 N–H and O–H groups in total. The molecule has 2 fully saturated rings. The number of carbonyl (C=O) groups excluding carboxylic acids is 1. The zero-order valence-corrected chi connectivity index (χ0v) is 14.2. The average molecular weight is 325 g/mol. The molecule has 2 aliphatic rings. The van der Waals surface area contributed by atoms with Gasteiger partial charge in [0, 0.05) is 24.5 Å². The van der Waals surface area contributed by atoms with Crippen LogP contribution in [0.25, 0.3) is 5.69 Å². The monoisotopic (exact) mass is 325 g/mol. The minimum atomic E-state index is -0.0460. The summed E-state index contributed by atoms with van der Waals surface area (Å²) >= 11 is 0. The van der Waals surface area contributed by atoms with E-state index in [1.807, 2.05) is 30.9 Å². The highest BCUT2D eigenvalue weighted by atomic mass is 16.2. The third-order valence-corrected chi connectivity index (χ3v) is 5.42. The lowest BCUT2D eigenvalue weighted by Gasteiger charge is -2.50. The maximum atomic E-state index is 12.6. The van der Waals surface area contributed by atoms with E-state index in [4.69, 9.17) is 5.73 Å². The van der Waals surface area contributed by atoms with Gasteiger partial charge in [-0.2, -0.15) is 9.90 Å². The van der Waals surface area contributed by atoms with Crippen molar-refractivity contribution in [2.24, 2.45) is 11.1 Å². The van der Waals surface area contributed by atoms with Crippen molar-refractivity contribution in [1.29, 1.82) is 0 Å². The highest BCUT2D eigenvalue weighted by molar-refractivity contribution is 5.92. The molecule has 0 bridgehead atoms. The van der Waals surface area contributed by atoms with Crippen molar-refractivity contribution >= 4 is 5.91 Å². The van der Waals surface area contributed by atoms with Crippen molar-refractivity contribution in [2.75, 3.05) is 13.1 Å². The topological polar surface area (TPSA) is 77.0 Å². The molecule has 1 spiro atoms. The number of rotatable bonds is 2. The second kappa shape index (κ2) is 5.41. The van der Waals surface area contributed by atoms with E-state index >= 15 is 0 Å². The first-order valence-corrected chi connectivity index (χ1v) is 8.53. The van der Waals surface area contributed by atoms with Gasteiger partial charge in [-0.3, -0.25) is 4.79 Å². The van der Waals surface area contributed by atoms with Crippen molar-refractivity contribution in [1.82, 2.24) is 19.9 Å². The molecule has 126 valence electrons. The molecule has 1 aliphatic carbocycles. The van der Waals surface area contributed by atoms with Crippen LogP contribution in [-0.2, 0) is 0 Å². The van der Waals surface area contributed by atoms with Gasteiger partial charge in [0.15, 0.2) is 5.69 Å².